The van der Waals surface area contributed by atoms with E-state index in [9.17, 15) is 9.59 Å². The first-order valence-corrected chi connectivity index (χ1v) is 6.82. The van der Waals surface area contributed by atoms with E-state index in [4.69, 9.17) is 10.8 Å². The number of amides is 1. The fourth-order valence-corrected chi connectivity index (χ4v) is 1.89. The van der Waals surface area contributed by atoms with Crippen LogP contribution in [-0.2, 0) is 9.59 Å². The van der Waals surface area contributed by atoms with Gasteiger partial charge >= 0.3 is 5.97 Å². The maximum atomic E-state index is 12.3. The van der Waals surface area contributed by atoms with E-state index in [1.807, 2.05) is 37.3 Å². The van der Waals surface area contributed by atoms with Crippen LogP contribution >= 0.6 is 0 Å². The third-order valence-corrected chi connectivity index (χ3v) is 3.07. The molecule has 20 heavy (non-hydrogen) atoms. The molecule has 0 fully saturated rings. The van der Waals surface area contributed by atoms with Crippen molar-refractivity contribution in [3.8, 4) is 0 Å². The number of para-hydroxylation sites is 1. The van der Waals surface area contributed by atoms with Gasteiger partial charge < -0.3 is 15.7 Å². The van der Waals surface area contributed by atoms with Crippen molar-refractivity contribution in [3.05, 3.63) is 30.3 Å². The highest BCUT2D eigenvalue weighted by Gasteiger charge is 2.17. The molecule has 1 atom stereocenters. The van der Waals surface area contributed by atoms with Gasteiger partial charge in [-0.2, -0.15) is 0 Å². The molecule has 0 bridgehead atoms. The number of anilines is 1. The van der Waals surface area contributed by atoms with Crippen LogP contribution in [0.5, 0.6) is 0 Å². The molecular formula is C15H22N2O3. The van der Waals surface area contributed by atoms with E-state index < -0.39 is 5.97 Å². The lowest BCUT2D eigenvalue weighted by Crippen LogP contribution is -2.34. The molecule has 0 spiro atoms. The number of carboxylic acids is 1. The van der Waals surface area contributed by atoms with Gasteiger partial charge in [0.15, 0.2) is 0 Å². The van der Waals surface area contributed by atoms with Gasteiger partial charge in [0.1, 0.15) is 0 Å². The van der Waals surface area contributed by atoms with Crippen molar-refractivity contribution in [2.24, 2.45) is 11.7 Å². The highest BCUT2D eigenvalue weighted by Crippen LogP contribution is 2.17. The summed E-state index contributed by atoms with van der Waals surface area (Å²) in [5.41, 5.74) is 6.35. The predicted octanol–water partition coefficient (Wildman–Crippen LogP) is 1.87. The number of nitrogens with two attached hydrogens (primary N) is 1. The van der Waals surface area contributed by atoms with Crippen LogP contribution in [0.25, 0.3) is 0 Å². The molecule has 1 unspecified atom stereocenters. The first-order chi connectivity index (χ1) is 9.54. The Balaban J connectivity index is 2.73. The molecular weight excluding hydrogens is 256 g/mol. The second kappa shape index (κ2) is 8.32. The van der Waals surface area contributed by atoms with E-state index in [1.165, 1.54) is 0 Å². The highest BCUT2D eigenvalue weighted by molar-refractivity contribution is 5.93. The molecule has 0 radical (unpaired) electrons. The molecule has 110 valence electrons. The summed E-state index contributed by atoms with van der Waals surface area (Å²) in [6, 6.07) is 9.31. The molecule has 3 N–H and O–H groups in total. The lowest BCUT2D eigenvalue weighted by molar-refractivity contribution is -0.137. The number of carbonyl (C=O) groups is 2. The normalized spacial score (nSPS) is 11.9. The lowest BCUT2D eigenvalue weighted by atomic mass is 10.1. The van der Waals surface area contributed by atoms with Gasteiger partial charge in [-0.3, -0.25) is 9.59 Å². The van der Waals surface area contributed by atoms with Crippen LogP contribution in [0, 0.1) is 5.92 Å². The first kappa shape index (κ1) is 16.2. The molecule has 0 aliphatic heterocycles. The summed E-state index contributed by atoms with van der Waals surface area (Å²) < 4.78 is 0. The fourth-order valence-electron chi connectivity index (χ4n) is 1.89. The smallest absolute Gasteiger partial charge is 0.303 e. The van der Waals surface area contributed by atoms with E-state index in [0.29, 0.717) is 25.9 Å². The third kappa shape index (κ3) is 5.40. The van der Waals surface area contributed by atoms with Crippen molar-refractivity contribution >= 4 is 17.6 Å². The SMILES string of the molecule is CC(CN)CC(=O)N(CCCC(=O)O)c1ccccc1. The van der Waals surface area contributed by atoms with Crippen molar-refractivity contribution in [1.29, 1.82) is 0 Å². The quantitative estimate of drug-likeness (QED) is 0.760. The fraction of sp³-hybridized carbons (Fsp3) is 0.467. The molecule has 1 amide bonds. The van der Waals surface area contributed by atoms with E-state index >= 15 is 0 Å². The van der Waals surface area contributed by atoms with Crippen LogP contribution in [0.3, 0.4) is 0 Å². The van der Waals surface area contributed by atoms with Crippen LogP contribution in [-0.4, -0.2) is 30.1 Å². The van der Waals surface area contributed by atoms with Gasteiger partial charge in [-0.15, -0.1) is 0 Å². The zero-order chi connectivity index (χ0) is 15.0. The topological polar surface area (TPSA) is 83.6 Å². The highest BCUT2D eigenvalue weighted by atomic mass is 16.4. The molecule has 5 nitrogen and oxygen atoms in total. The Labute approximate surface area is 119 Å². The average Bonchev–Trinajstić information content (AvgIpc) is 2.44. The minimum atomic E-state index is -0.846. The van der Waals surface area contributed by atoms with Crippen LogP contribution in [0.2, 0.25) is 0 Å². The zero-order valence-corrected chi connectivity index (χ0v) is 11.8. The lowest BCUT2D eigenvalue weighted by Gasteiger charge is -2.24. The molecule has 1 aromatic rings. The van der Waals surface area contributed by atoms with E-state index in [0.717, 1.165) is 5.69 Å². The molecule has 0 heterocycles. The van der Waals surface area contributed by atoms with Crippen molar-refractivity contribution in [1.82, 2.24) is 0 Å². The summed E-state index contributed by atoms with van der Waals surface area (Å²) in [5, 5.41) is 8.70. The maximum absolute atomic E-state index is 12.3. The number of rotatable bonds is 8. The van der Waals surface area contributed by atoms with Crippen molar-refractivity contribution in [2.75, 3.05) is 18.0 Å². The van der Waals surface area contributed by atoms with Crippen molar-refractivity contribution in [3.63, 3.8) is 0 Å². The predicted molar refractivity (Wildman–Crippen MR) is 78.5 cm³/mol. The van der Waals surface area contributed by atoms with Gasteiger partial charge in [0.25, 0.3) is 0 Å². The summed E-state index contributed by atoms with van der Waals surface area (Å²) in [7, 11) is 0. The molecule has 1 aromatic carbocycles. The summed E-state index contributed by atoms with van der Waals surface area (Å²) in [6.07, 6.45) is 0.870. The van der Waals surface area contributed by atoms with Gasteiger partial charge in [0, 0.05) is 25.1 Å². The van der Waals surface area contributed by atoms with Gasteiger partial charge in [-0.1, -0.05) is 25.1 Å². The molecule has 0 aliphatic rings. The second-order valence-corrected chi connectivity index (χ2v) is 4.92. The minimum absolute atomic E-state index is 0.0143. The maximum Gasteiger partial charge on any atom is 0.303 e. The van der Waals surface area contributed by atoms with Crippen molar-refractivity contribution < 1.29 is 14.7 Å². The first-order valence-electron chi connectivity index (χ1n) is 6.82. The average molecular weight is 278 g/mol. The number of carbonyl (C=O) groups excluding carboxylic acids is 1. The van der Waals surface area contributed by atoms with Gasteiger partial charge in [-0.05, 0) is 31.0 Å². The van der Waals surface area contributed by atoms with E-state index in [2.05, 4.69) is 0 Å². The van der Waals surface area contributed by atoms with Crippen LogP contribution in [0.1, 0.15) is 26.2 Å². The monoisotopic (exact) mass is 278 g/mol. The Morgan fingerprint density at radius 1 is 1.30 bits per heavy atom. The zero-order valence-electron chi connectivity index (χ0n) is 11.8. The van der Waals surface area contributed by atoms with Crippen molar-refractivity contribution in [2.45, 2.75) is 26.2 Å². The number of aliphatic carboxylic acids is 1. The largest absolute Gasteiger partial charge is 0.481 e. The van der Waals surface area contributed by atoms with Gasteiger partial charge in [0.2, 0.25) is 5.91 Å². The van der Waals surface area contributed by atoms with Crippen LogP contribution < -0.4 is 10.6 Å². The summed E-state index contributed by atoms with van der Waals surface area (Å²) >= 11 is 0. The molecule has 0 aliphatic carbocycles. The number of carboxylic acid groups (broad SMARTS) is 1. The Morgan fingerprint density at radius 3 is 2.50 bits per heavy atom. The molecule has 0 aromatic heterocycles. The number of hydrogen-bond acceptors (Lipinski definition) is 3. The Morgan fingerprint density at radius 2 is 1.95 bits per heavy atom. The second-order valence-electron chi connectivity index (χ2n) is 4.92. The van der Waals surface area contributed by atoms with Gasteiger partial charge in [0.05, 0.1) is 0 Å². The Bertz CT molecular complexity index is 434. The summed E-state index contributed by atoms with van der Waals surface area (Å²) in [5.74, 6) is -0.742. The summed E-state index contributed by atoms with van der Waals surface area (Å²) in [4.78, 5) is 24.6. The number of nitrogens with zero attached hydrogens (tertiary/aromatic N) is 1. The molecule has 0 saturated heterocycles. The van der Waals surface area contributed by atoms with E-state index in [-0.39, 0.29) is 18.2 Å². The van der Waals surface area contributed by atoms with Crippen LogP contribution in [0.15, 0.2) is 30.3 Å². The third-order valence-electron chi connectivity index (χ3n) is 3.07. The Hall–Kier alpha value is -1.88. The molecule has 1 rings (SSSR count). The number of hydrogen-bond donors (Lipinski definition) is 2. The summed E-state index contributed by atoms with van der Waals surface area (Å²) in [6.45, 7) is 2.80. The van der Waals surface area contributed by atoms with Gasteiger partial charge in [-0.25, -0.2) is 0 Å². The Kier molecular flexibility index (Phi) is 6.73. The number of benzene rings is 1. The molecule has 5 heteroatoms. The van der Waals surface area contributed by atoms with Crippen LogP contribution in [0.4, 0.5) is 5.69 Å². The standard InChI is InChI=1S/C15H22N2O3/c1-12(11-16)10-14(18)17(9-5-8-15(19)20)13-6-3-2-4-7-13/h2-4,6-7,12H,5,8-11,16H2,1H3,(H,19,20). The molecule has 0 saturated carbocycles. The van der Waals surface area contributed by atoms with E-state index in [1.54, 1.807) is 4.90 Å². The minimum Gasteiger partial charge on any atom is -0.481 e.